The van der Waals surface area contributed by atoms with Crippen LogP contribution in [0.15, 0.2) is 34.7 Å². The largest absolute Gasteiger partial charge is 0.341 e. The Morgan fingerprint density at radius 3 is 2.66 bits per heavy atom. The Morgan fingerprint density at radius 1 is 1.03 bits per heavy atom. The zero-order valence-electron chi connectivity index (χ0n) is 16.5. The summed E-state index contributed by atoms with van der Waals surface area (Å²) in [6.45, 7) is 1.66. The van der Waals surface area contributed by atoms with Gasteiger partial charge in [0.1, 0.15) is 11.4 Å². The monoisotopic (exact) mass is 407 g/mol. The molecule has 0 bridgehead atoms. The number of carbonyl (C=O) groups is 1. The quantitative estimate of drug-likeness (QED) is 0.659. The van der Waals surface area contributed by atoms with Crippen molar-refractivity contribution >= 4 is 27.5 Å². The van der Waals surface area contributed by atoms with Crippen LogP contribution in [0.5, 0.6) is 0 Å². The highest BCUT2D eigenvalue weighted by Gasteiger charge is 2.20. The third-order valence-electron chi connectivity index (χ3n) is 6.23. The van der Waals surface area contributed by atoms with Crippen LogP contribution in [0.1, 0.15) is 43.2 Å². The SMILES string of the molecule is O=C(Cn1cnc2scc(-c3ccc4c(c3)CCCC4)c2c1=O)N1CCCCC1. The number of fused-ring (bicyclic) bond motifs is 2. The smallest absolute Gasteiger partial charge is 0.263 e. The van der Waals surface area contributed by atoms with E-state index >= 15 is 0 Å². The van der Waals surface area contributed by atoms with Crippen molar-refractivity contribution < 1.29 is 4.79 Å². The molecule has 6 heteroatoms. The number of hydrogen-bond donors (Lipinski definition) is 0. The Labute approximate surface area is 174 Å². The van der Waals surface area contributed by atoms with E-state index in [4.69, 9.17) is 0 Å². The van der Waals surface area contributed by atoms with Crippen molar-refractivity contribution in [3.8, 4) is 11.1 Å². The first kappa shape index (κ1) is 18.6. The molecule has 1 aliphatic carbocycles. The van der Waals surface area contributed by atoms with Crippen molar-refractivity contribution in [1.82, 2.24) is 14.5 Å². The van der Waals surface area contributed by atoms with E-state index in [1.54, 1.807) is 0 Å². The molecule has 1 saturated heterocycles. The highest BCUT2D eigenvalue weighted by atomic mass is 32.1. The van der Waals surface area contributed by atoms with E-state index in [0.29, 0.717) is 5.39 Å². The topological polar surface area (TPSA) is 55.2 Å². The van der Waals surface area contributed by atoms with Crippen LogP contribution in [-0.4, -0.2) is 33.4 Å². The number of likely N-dealkylation sites (tertiary alicyclic amines) is 1. The van der Waals surface area contributed by atoms with E-state index in [9.17, 15) is 9.59 Å². The standard InChI is InChI=1S/C23H25N3O2S/c27-20(25-10-4-1-5-11-25)13-26-15-24-22-21(23(26)28)19(14-29-22)18-9-8-16-6-2-3-7-17(16)12-18/h8-9,12,14-15H,1-7,10-11,13H2. The molecule has 5 rings (SSSR count). The summed E-state index contributed by atoms with van der Waals surface area (Å²) in [4.78, 5) is 33.0. The number of aromatic nitrogens is 2. The van der Waals surface area contributed by atoms with Crippen LogP contribution in [0.4, 0.5) is 0 Å². The predicted molar refractivity (Wildman–Crippen MR) is 116 cm³/mol. The molecule has 29 heavy (non-hydrogen) atoms. The average molecular weight is 408 g/mol. The van der Waals surface area contributed by atoms with Crippen molar-refractivity contribution in [2.45, 2.75) is 51.5 Å². The van der Waals surface area contributed by atoms with E-state index in [1.165, 1.54) is 52.6 Å². The third-order valence-corrected chi connectivity index (χ3v) is 7.12. The molecule has 1 aliphatic heterocycles. The molecular weight excluding hydrogens is 382 g/mol. The van der Waals surface area contributed by atoms with Gasteiger partial charge in [0, 0.05) is 24.0 Å². The second-order valence-electron chi connectivity index (χ2n) is 8.14. The molecule has 150 valence electrons. The first-order chi connectivity index (χ1) is 14.2. The number of carbonyl (C=O) groups excluding carboxylic acids is 1. The number of benzene rings is 1. The van der Waals surface area contributed by atoms with E-state index in [-0.39, 0.29) is 18.0 Å². The van der Waals surface area contributed by atoms with Gasteiger partial charge >= 0.3 is 0 Å². The summed E-state index contributed by atoms with van der Waals surface area (Å²) in [6, 6.07) is 6.58. The second kappa shape index (κ2) is 7.75. The van der Waals surface area contributed by atoms with Crippen LogP contribution in [-0.2, 0) is 24.2 Å². The number of rotatable bonds is 3. The Hall–Kier alpha value is -2.47. The molecule has 1 aromatic carbocycles. The lowest BCUT2D eigenvalue weighted by atomic mass is 9.89. The van der Waals surface area contributed by atoms with Crippen LogP contribution in [0.3, 0.4) is 0 Å². The van der Waals surface area contributed by atoms with Gasteiger partial charge in [0.05, 0.1) is 11.7 Å². The molecule has 1 fully saturated rings. The molecule has 3 heterocycles. The molecule has 0 N–H and O–H groups in total. The molecule has 2 aromatic heterocycles. The highest BCUT2D eigenvalue weighted by molar-refractivity contribution is 7.17. The molecule has 5 nitrogen and oxygen atoms in total. The second-order valence-corrected chi connectivity index (χ2v) is 9.00. The fraction of sp³-hybridized carbons (Fsp3) is 0.435. The molecule has 1 amide bonds. The number of aryl methyl sites for hydroxylation is 2. The maximum atomic E-state index is 13.2. The molecule has 3 aromatic rings. The first-order valence-electron chi connectivity index (χ1n) is 10.6. The lowest BCUT2D eigenvalue weighted by Crippen LogP contribution is -2.39. The Morgan fingerprint density at radius 2 is 1.83 bits per heavy atom. The van der Waals surface area contributed by atoms with Crippen molar-refractivity contribution in [2.75, 3.05) is 13.1 Å². The summed E-state index contributed by atoms with van der Waals surface area (Å²) in [6.07, 6.45) is 9.54. The van der Waals surface area contributed by atoms with Gasteiger partial charge in [-0.2, -0.15) is 0 Å². The highest BCUT2D eigenvalue weighted by Crippen LogP contribution is 2.33. The Balaban J connectivity index is 1.50. The fourth-order valence-corrected chi connectivity index (χ4v) is 5.49. The maximum Gasteiger partial charge on any atom is 0.263 e. The summed E-state index contributed by atoms with van der Waals surface area (Å²) in [5, 5.41) is 2.67. The molecule has 0 radical (unpaired) electrons. The zero-order chi connectivity index (χ0) is 19.8. The lowest BCUT2D eigenvalue weighted by molar-refractivity contribution is -0.132. The van der Waals surface area contributed by atoms with E-state index in [0.717, 1.165) is 54.7 Å². The molecule has 0 atom stereocenters. The average Bonchev–Trinajstić information content (AvgIpc) is 3.21. The van der Waals surface area contributed by atoms with Gasteiger partial charge < -0.3 is 4.90 Å². The summed E-state index contributed by atoms with van der Waals surface area (Å²) < 4.78 is 1.48. The molecule has 0 unspecified atom stereocenters. The summed E-state index contributed by atoms with van der Waals surface area (Å²) in [5.41, 5.74) is 4.74. The van der Waals surface area contributed by atoms with E-state index in [2.05, 4.69) is 23.2 Å². The molecular formula is C23H25N3O2S. The summed E-state index contributed by atoms with van der Waals surface area (Å²) in [7, 11) is 0. The first-order valence-corrected chi connectivity index (χ1v) is 11.5. The van der Waals surface area contributed by atoms with Crippen LogP contribution < -0.4 is 5.56 Å². The number of hydrogen-bond acceptors (Lipinski definition) is 4. The normalized spacial score (nSPS) is 16.8. The number of piperidine rings is 1. The minimum atomic E-state index is -0.116. The summed E-state index contributed by atoms with van der Waals surface area (Å²) >= 11 is 1.50. The fourth-order valence-electron chi connectivity index (χ4n) is 4.58. The number of nitrogens with zero attached hydrogens (tertiary/aromatic N) is 3. The molecule has 0 saturated carbocycles. The minimum absolute atomic E-state index is 0.0125. The van der Waals surface area contributed by atoms with E-state index < -0.39 is 0 Å². The van der Waals surface area contributed by atoms with Gasteiger partial charge in [-0.25, -0.2) is 4.98 Å². The van der Waals surface area contributed by atoms with Crippen LogP contribution in [0.2, 0.25) is 0 Å². The number of amides is 1. The van der Waals surface area contributed by atoms with Crippen molar-refractivity contribution in [1.29, 1.82) is 0 Å². The van der Waals surface area contributed by atoms with Crippen LogP contribution in [0.25, 0.3) is 21.3 Å². The lowest BCUT2D eigenvalue weighted by Gasteiger charge is -2.26. The predicted octanol–water partition coefficient (Wildman–Crippen LogP) is 4.02. The van der Waals surface area contributed by atoms with Gasteiger partial charge in [-0.15, -0.1) is 11.3 Å². The van der Waals surface area contributed by atoms with Crippen LogP contribution >= 0.6 is 11.3 Å². The van der Waals surface area contributed by atoms with Gasteiger partial charge in [0.25, 0.3) is 5.56 Å². The Kier molecular flexibility index (Phi) is 4.96. The van der Waals surface area contributed by atoms with Gasteiger partial charge in [0.2, 0.25) is 5.91 Å². The minimum Gasteiger partial charge on any atom is -0.341 e. The molecule has 2 aliphatic rings. The number of thiophene rings is 1. The Bertz CT molecular complexity index is 1120. The van der Waals surface area contributed by atoms with Crippen molar-refractivity contribution in [2.24, 2.45) is 0 Å². The van der Waals surface area contributed by atoms with Gasteiger partial charge in [-0.1, -0.05) is 18.2 Å². The zero-order valence-corrected chi connectivity index (χ0v) is 17.3. The van der Waals surface area contributed by atoms with Gasteiger partial charge in [-0.3, -0.25) is 14.2 Å². The van der Waals surface area contributed by atoms with E-state index in [1.807, 2.05) is 10.3 Å². The van der Waals surface area contributed by atoms with Crippen molar-refractivity contribution in [3.63, 3.8) is 0 Å². The van der Waals surface area contributed by atoms with Gasteiger partial charge in [-0.05, 0) is 61.6 Å². The van der Waals surface area contributed by atoms with Crippen molar-refractivity contribution in [3.05, 3.63) is 51.4 Å². The summed E-state index contributed by atoms with van der Waals surface area (Å²) in [5.74, 6) is 0.0125. The maximum absolute atomic E-state index is 13.2. The van der Waals surface area contributed by atoms with Crippen LogP contribution in [0, 0.1) is 0 Å². The third kappa shape index (κ3) is 3.50. The van der Waals surface area contributed by atoms with Gasteiger partial charge in [0.15, 0.2) is 0 Å². The molecule has 0 spiro atoms.